The highest BCUT2D eigenvalue weighted by molar-refractivity contribution is 9.10. The number of thiophene rings is 1. The highest BCUT2D eigenvalue weighted by atomic mass is 79.9. The van der Waals surface area contributed by atoms with Gasteiger partial charge in [0.25, 0.3) is 0 Å². The molecule has 74 valence electrons. The van der Waals surface area contributed by atoms with Crippen LogP contribution in [0.4, 0.5) is 5.82 Å². The van der Waals surface area contributed by atoms with Gasteiger partial charge in [0.1, 0.15) is 5.82 Å². The fraction of sp³-hybridized carbons (Fsp3) is 0.222. The van der Waals surface area contributed by atoms with Crippen molar-refractivity contribution in [1.29, 1.82) is 0 Å². The average Bonchev–Trinajstić information content (AvgIpc) is 2.68. The van der Waals surface area contributed by atoms with Crippen LogP contribution in [0.1, 0.15) is 10.4 Å². The van der Waals surface area contributed by atoms with Crippen molar-refractivity contribution in [2.75, 3.05) is 5.73 Å². The number of aryl methyl sites for hydroxylation is 1. The predicted octanol–water partition coefficient (Wildman–Crippen LogP) is 2.65. The van der Waals surface area contributed by atoms with Crippen molar-refractivity contribution in [3.8, 4) is 0 Å². The van der Waals surface area contributed by atoms with Gasteiger partial charge in [-0.15, -0.1) is 11.3 Å². The molecule has 0 radical (unpaired) electrons. The molecule has 0 fully saturated rings. The Morgan fingerprint density at radius 2 is 2.43 bits per heavy atom. The Labute approximate surface area is 94.7 Å². The molecule has 5 heteroatoms. The van der Waals surface area contributed by atoms with Crippen molar-refractivity contribution >= 4 is 33.1 Å². The van der Waals surface area contributed by atoms with Crippen LogP contribution in [0.25, 0.3) is 0 Å². The summed E-state index contributed by atoms with van der Waals surface area (Å²) in [5.74, 6) is 0.676. The van der Waals surface area contributed by atoms with Gasteiger partial charge in [0.2, 0.25) is 0 Å². The van der Waals surface area contributed by atoms with E-state index >= 15 is 0 Å². The normalized spacial score (nSPS) is 10.7. The van der Waals surface area contributed by atoms with Gasteiger partial charge >= 0.3 is 0 Å². The number of rotatable bonds is 2. The minimum Gasteiger partial charge on any atom is -0.383 e. The number of nitrogen functional groups attached to an aromatic ring is 1. The number of anilines is 1. The van der Waals surface area contributed by atoms with E-state index in [-0.39, 0.29) is 0 Å². The zero-order chi connectivity index (χ0) is 10.1. The van der Waals surface area contributed by atoms with Gasteiger partial charge in [-0.25, -0.2) is 4.68 Å². The highest BCUT2D eigenvalue weighted by Gasteiger charge is 2.06. The molecule has 14 heavy (non-hydrogen) atoms. The second-order valence-corrected chi connectivity index (χ2v) is 5.01. The van der Waals surface area contributed by atoms with Crippen molar-refractivity contribution < 1.29 is 0 Å². The Hall–Kier alpha value is -0.810. The van der Waals surface area contributed by atoms with Crippen molar-refractivity contribution in [1.82, 2.24) is 9.78 Å². The maximum absolute atomic E-state index is 5.83. The third kappa shape index (κ3) is 1.69. The summed E-state index contributed by atoms with van der Waals surface area (Å²) in [6, 6.07) is 2.11. The number of hydrogen-bond acceptors (Lipinski definition) is 3. The number of nitrogens with zero attached hydrogens (tertiary/aromatic N) is 2. The van der Waals surface area contributed by atoms with E-state index in [0.717, 1.165) is 11.0 Å². The molecule has 0 unspecified atom stereocenters. The third-order valence-electron chi connectivity index (χ3n) is 2.12. The first-order valence-corrected chi connectivity index (χ1v) is 5.85. The SMILES string of the molecule is Cc1sccc1Cn1ncc(Br)c1N. The van der Waals surface area contributed by atoms with Crippen LogP contribution in [-0.2, 0) is 6.54 Å². The maximum Gasteiger partial charge on any atom is 0.136 e. The van der Waals surface area contributed by atoms with Crippen LogP contribution in [0.15, 0.2) is 22.1 Å². The van der Waals surface area contributed by atoms with Crippen LogP contribution in [-0.4, -0.2) is 9.78 Å². The highest BCUT2D eigenvalue weighted by Crippen LogP contribution is 2.21. The Kier molecular flexibility index (Phi) is 2.60. The molecule has 3 nitrogen and oxygen atoms in total. The van der Waals surface area contributed by atoms with Crippen LogP contribution in [0.5, 0.6) is 0 Å². The van der Waals surface area contributed by atoms with Crippen LogP contribution < -0.4 is 5.73 Å². The average molecular weight is 272 g/mol. The summed E-state index contributed by atoms with van der Waals surface area (Å²) in [4.78, 5) is 1.32. The smallest absolute Gasteiger partial charge is 0.136 e. The van der Waals surface area contributed by atoms with Crippen LogP contribution in [0.3, 0.4) is 0 Å². The lowest BCUT2D eigenvalue weighted by Gasteiger charge is -2.03. The number of nitrogens with two attached hydrogens (primary N) is 1. The lowest BCUT2D eigenvalue weighted by atomic mass is 10.3. The van der Waals surface area contributed by atoms with Crippen molar-refractivity contribution in [3.63, 3.8) is 0 Å². The third-order valence-corrected chi connectivity index (χ3v) is 3.62. The number of aromatic nitrogens is 2. The van der Waals surface area contributed by atoms with Gasteiger partial charge in [0, 0.05) is 4.88 Å². The van der Waals surface area contributed by atoms with E-state index in [4.69, 9.17) is 5.73 Å². The summed E-state index contributed by atoms with van der Waals surface area (Å²) in [5.41, 5.74) is 7.10. The van der Waals surface area contributed by atoms with Crippen molar-refractivity contribution in [2.24, 2.45) is 0 Å². The molecule has 0 bridgehead atoms. The molecule has 0 aromatic carbocycles. The van der Waals surface area contributed by atoms with Crippen molar-refractivity contribution in [3.05, 3.63) is 32.6 Å². The predicted molar refractivity (Wildman–Crippen MR) is 62.5 cm³/mol. The molecule has 0 aliphatic carbocycles. The molecule has 2 aromatic rings. The molecular weight excluding hydrogens is 262 g/mol. The number of halogens is 1. The van der Waals surface area contributed by atoms with Crippen LogP contribution in [0, 0.1) is 6.92 Å². The summed E-state index contributed by atoms with van der Waals surface area (Å²) in [5, 5.41) is 6.26. The molecule has 2 aromatic heterocycles. The molecule has 0 atom stereocenters. The molecule has 0 spiro atoms. The van der Waals surface area contributed by atoms with Gasteiger partial charge in [-0.05, 0) is 39.9 Å². The fourth-order valence-corrected chi connectivity index (χ4v) is 2.25. The minimum atomic E-state index is 0.676. The van der Waals surface area contributed by atoms with E-state index in [1.165, 1.54) is 10.4 Å². The molecule has 0 saturated carbocycles. The molecule has 0 amide bonds. The number of hydrogen-bond donors (Lipinski definition) is 1. The lowest BCUT2D eigenvalue weighted by molar-refractivity contribution is 0.696. The van der Waals surface area contributed by atoms with Gasteiger partial charge in [0.05, 0.1) is 17.2 Å². The first kappa shape index (κ1) is 9.73. The molecule has 0 aliphatic rings. The van der Waals surface area contributed by atoms with E-state index in [1.807, 2.05) is 0 Å². The minimum absolute atomic E-state index is 0.676. The summed E-state index contributed by atoms with van der Waals surface area (Å²) >= 11 is 5.08. The van der Waals surface area contributed by atoms with Gasteiger partial charge < -0.3 is 5.73 Å². The Morgan fingerprint density at radius 3 is 2.93 bits per heavy atom. The Morgan fingerprint density at radius 1 is 1.64 bits per heavy atom. The molecular formula is C9H10BrN3S. The second-order valence-electron chi connectivity index (χ2n) is 3.04. The Balaban J connectivity index is 2.27. The Bertz CT molecular complexity index is 447. The van der Waals surface area contributed by atoms with Gasteiger partial charge in [-0.2, -0.15) is 5.10 Å². The quantitative estimate of drug-likeness (QED) is 0.913. The van der Waals surface area contributed by atoms with E-state index in [1.54, 1.807) is 22.2 Å². The first-order chi connectivity index (χ1) is 6.68. The molecule has 2 N–H and O–H groups in total. The summed E-state index contributed by atoms with van der Waals surface area (Å²) in [6.45, 7) is 2.85. The lowest BCUT2D eigenvalue weighted by Crippen LogP contribution is -2.05. The zero-order valence-corrected chi connectivity index (χ0v) is 10.1. The molecule has 0 saturated heterocycles. The van der Waals surface area contributed by atoms with Crippen LogP contribution >= 0.6 is 27.3 Å². The fourth-order valence-electron chi connectivity index (χ4n) is 1.23. The summed E-state index contributed by atoms with van der Waals surface area (Å²) in [7, 11) is 0. The monoisotopic (exact) mass is 271 g/mol. The van der Waals surface area contributed by atoms with Gasteiger partial charge in [0.15, 0.2) is 0 Å². The van der Waals surface area contributed by atoms with E-state index < -0.39 is 0 Å². The second kappa shape index (κ2) is 3.74. The molecule has 0 aliphatic heterocycles. The van der Waals surface area contributed by atoms with E-state index in [2.05, 4.69) is 39.4 Å². The van der Waals surface area contributed by atoms with E-state index in [0.29, 0.717) is 5.82 Å². The van der Waals surface area contributed by atoms with E-state index in [9.17, 15) is 0 Å². The van der Waals surface area contributed by atoms with Gasteiger partial charge in [-0.1, -0.05) is 0 Å². The molecule has 2 heterocycles. The van der Waals surface area contributed by atoms with Crippen LogP contribution in [0.2, 0.25) is 0 Å². The van der Waals surface area contributed by atoms with Gasteiger partial charge in [-0.3, -0.25) is 0 Å². The maximum atomic E-state index is 5.83. The zero-order valence-electron chi connectivity index (χ0n) is 7.70. The summed E-state index contributed by atoms with van der Waals surface area (Å²) < 4.78 is 2.64. The summed E-state index contributed by atoms with van der Waals surface area (Å²) in [6.07, 6.45) is 1.72. The standard InChI is InChI=1S/C9H10BrN3S/c1-6-7(2-3-14-6)5-13-9(11)8(10)4-12-13/h2-4H,5,11H2,1H3. The molecule has 2 rings (SSSR count). The topological polar surface area (TPSA) is 43.8 Å². The largest absolute Gasteiger partial charge is 0.383 e. The van der Waals surface area contributed by atoms with Crippen molar-refractivity contribution in [2.45, 2.75) is 13.5 Å². The first-order valence-electron chi connectivity index (χ1n) is 4.18.